The van der Waals surface area contributed by atoms with Gasteiger partial charge in [-0.1, -0.05) is 59.7 Å². The molecular formula is C27H28N4O3. The third-order valence-corrected chi connectivity index (χ3v) is 5.55. The first-order valence-electron chi connectivity index (χ1n) is 11.1. The van der Waals surface area contributed by atoms with Crippen molar-refractivity contribution in [2.45, 2.75) is 26.9 Å². The largest absolute Gasteiger partial charge is 0.467 e. The van der Waals surface area contributed by atoms with Crippen LogP contribution < -0.4 is 5.32 Å². The molecule has 0 spiro atoms. The number of likely N-dealkylation sites (N-methyl/N-ethyl adjacent to an activating group) is 1. The van der Waals surface area contributed by atoms with Gasteiger partial charge in [0.05, 0.1) is 31.5 Å². The van der Waals surface area contributed by atoms with Crippen LogP contribution in [-0.2, 0) is 17.9 Å². The summed E-state index contributed by atoms with van der Waals surface area (Å²) in [7, 11) is 1.62. The lowest BCUT2D eigenvalue weighted by molar-refractivity contribution is -0.121. The predicted octanol–water partition coefficient (Wildman–Crippen LogP) is 4.20. The summed E-state index contributed by atoms with van der Waals surface area (Å²) < 4.78 is 7.01. The molecule has 0 radical (unpaired) electrons. The third kappa shape index (κ3) is 5.61. The molecule has 2 amide bonds. The molecule has 174 valence electrons. The summed E-state index contributed by atoms with van der Waals surface area (Å²) in [6.07, 6.45) is 3.31. The Balaban J connectivity index is 1.54. The number of aryl methyl sites for hydroxylation is 2. The van der Waals surface area contributed by atoms with Crippen molar-refractivity contribution in [2.75, 3.05) is 13.6 Å². The van der Waals surface area contributed by atoms with E-state index in [2.05, 4.69) is 29.6 Å². The molecule has 7 nitrogen and oxygen atoms in total. The van der Waals surface area contributed by atoms with Crippen LogP contribution in [0.2, 0.25) is 0 Å². The molecule has 0 atom stereocenters. The molecule has 0 bridgehead atoms. The van der Waals surface area contributed by atoms with Crippen molar-refractivity contribution in [2.24, 2.45) is 0 Å². The van der Waals surface area contributed by atoms with Crippen LogP contribution in [0.1, 0.15) is 32.8 Å². The summed E-state index contributed by atoms with van der Waals surface area (Å²) in [4.78, 5) is 27.1. The summed E-state index contributed by atoms with van der Waals surface area (Å²) in [5.74, 6) is 0.122. The highest BCUT2D eigenvalue weighted by Gasteiger charge is 2.22. The lowest BCUT2D eigenvalue weighted by Crippen LogP contribution is -2.38. The average molecular weight is 457 g/mol. The zero-order valence-electron chi connectivity index (χ0n) is 19.6. The Morgan fingerprint density at radius 1 is 1.00 bits per heavy atom. The van der Waals surface area contributed by atoms with Crippen molar-refractivity contribution in [1.29, 1.82) is 0 Å². The molecule has 0 aliphatic carbocycles. The van der Waals surface area contributed by atoms with Crippen molar-refractivity contribution < 1.29 is 14.0 Å². The number of rotatable bonds is 8. The minimum absolute atomic E-state index is 0.0734. The van der Waals surface area contributed by atoms with Gasteiger partial charge in [0.15, 0.2) is 0 Å². The number of hydrogen-bond donors (Lipinski definition) is 1. The van der Waals surface area contributed by atoms with E-state index in [1.54, 1.807) is 36.3 Å². The van der Waals surface area contributed by atoms with Crippen LogP contribution in [0.25, 0.3) is 11.3 Å². The minimum Gasteiger partial charge on any atom is -0.467 e. The number of benzene rings is 2. The Bertz CT molecular complexity index is 1260. The zero-order valence-corrected chi connectivity index (χ0v) is 19.6. The molecule has 0 unspecified atom stereocenters. The molecule has 2 heterocycles. The first-order valence-corrected chi connectivity index (χ1v) is 11.1. The van der Waals surface area contributed by atoms with E-state index < -0.39 is 0 Å². The predicted molar refractivity (Wildman–Crippen MR) is 130 cm³/mol. The summed E-state index contributed by atoms with van der Waals surface area (Å²) in [6, 6.07) is 19.7. The number of furan rings is 1. The highest BCUT2D eigenvalue weighted by molar-refractivity contribution is 6.01. The summed E-state index contributed by atoms with van der Waals surface area (Å²) in [6.45, 7) is 4.80. The van der Waals surface area contributed by atoms with Crippen LogP contribution in [0, 0.1) is 13.8 Å². The smallest absolute Gasteiger partial charge is 0.257 e. The van der Waals surface area contributed by atoms with Crippen LogP contribution in [-0.4, -0.2) is 40.1 Å². The number of nitrogens with one attached hydrogen (secondary N) is 1. The Hall–Kier alpha value is -4.13. The van der Waals surface area contributed by atoms with Gasteiger partial charge in [0.1, 0.15) is 11.5 Å². The van der Waals surface area contributed by atoms with Crippen LogP contribution in [0.15, 0.2) is 77.5 Å². The van der Waals surface area contributed by atoms with Gasteiger partial charge in [-0.05, 0) is 31.5 Å². The molecule has 2 aromatic heterocycles. The van der Waals surface area contributed by atoms with Crippen LogP contribution in [0.5, 0.6) is 0 Å². The van der Waals surface area contributed by atoms with E-state index >= 15 is 0 Å². The number of hydrogen-bond acceptors (Lipinski definition) is 4. The van der Waals surface area contributed by atoms with Crippen molar-refractivity contribution in [3.63, 3.8) is 0 Å². The van der Waals surface area contributed by atoms with E-state index in [0.29, 0.717) is 23.6 Å². The monoisotopic (exact) mass is 456 g/mol. The molecule has 2 aromatic carbocycles. The minimum atomic E-state index is -0.267. The van der Waals surface area contributed by atoms with Gasteiger partial charge in [0.25, 0.3) is 5.91 Å². The Morgan fingerprint density at radius 3 is 2.32 bits per heavy atom. The highest BCUT2D eigenvalue weighted by Crippen LogP contribution is 2.24. The fourth-order valence-electron chi connectivity index (χ4n) is 3.61. The number of nitrogens with zero attached hydrogens (tertiary/aromatic N) is 3. The topological polar surface area (TPSA) is 80.4 Å². The van der Waals surface area contributed by atoms with E-state index in [1.807, 2.05) is 38.1 Å². The van der Waals surface area contributed by atoms with Gasteiger partial charge in [-0.25, -0.2) is 0 Å². The van der Waals surface area contributed by atoms with Crippen LogP contribution in [0.3, 0.4) is 0 Å². The van der Waals surface area contributed by atoms with E-state index in [1.165, 1.54) is 10.5 Å². The molecule has 4 rings (SSSR count). The van der Waals surface area contributed by atoms with Gasteiger partial charge in [-0.15, -0.1) is 0 Å². The number of carbonyl (C=O) groups excluding carboxylic acids is 2. The fraction of sp³-hybridized carbons (Fsp3) is 0.222. The van der Waals surface area contributed by atoms with E-state index in [9.17, 15) is 9.59 Å². The van der Waals surface area contributed by atoms with E-state index in [0.717, 1.165) is 16.7 Å². The molecule has 7 heteroatoms. The molecule has 34 heavy (non-hydrogen) atoms. The molecule has 0 fully saturated rings. The molecule has 1 N–H and O–H groups in total. The van der Waals surface area contributed by atoms with E-state index in [-0.39, 0.29) is 24.9 Å². The number of carbonyl (C=O) groups is 2. The summed E-state index contributed by atoms with van der Waals surface area (Å²) >= 11 is 0. The van der Waals surface area contributed by atoms with Crippen molar-refractivity contribution in [1.82, 2.24) is 20.0 Å². The maximum absolute atomic E-state index is 13.4. The third-order valence-electron chi connectivity index (χ3n) is 5.55. The van der Waals surface area contributed by atoms with Crippen LogP contribution >= 0.6 is 0 Å². The molecular weight excluding hydrogens is 428 g/mol. The second-order valence-electron chi connectivity index (χ2n) is 8.46. The fourth-order valence-corrected chi connectivity index (χ4v) is 3.61. The van der Waals surface area contributed by atoms with Crippen molar-refractivity contribution >= 4 is 11.8 Å². The van der Waals surface area contributed by atoms with Gasteiger partial charge in [-0.2, -0.15) is 5.10 Å². The van der Waals surface area contributed by atoms with Crippen LogP contribution in [0.4, 0.5) is 0 Å². The molecule has 4 aromatic rings. The zero-order chi connectivity index (χ0) is 24.1. The standard InChI is InChI=1S/C27H28N4O3/c1-19-6-10-21(11-7-19)16-31-17-24(26(29-31)22-12-8-20(2)9-13-22)27(33)30(3)18-25(32)28-15-23-5-4-14-34-23/h4-14,17H,15-16,18H2,1-3H3,(H,28,32). The molecule has 0 saturated heterocycles. The van der Waals surface area contributed by atoms with Gasteiger partial charge in [0.2, 0.25) is 5.91 Å². The first kappa shape index (κ1) is 23.0. The van der Waals surface area contributed by atoms with Gasteiger partial charge >= 0.3 is 0 Å². The van der Waals surface area contributed by atoms with Crippen molar-refractivity contribution in [3.8, 4) is 11.3 Å². The SMILES string of the molecule is Cc1ccc(Cn2cc(C(=O)N(C)CC(=O)NCc3ccco3)c(-c3ccc(C)cc3)n2)cc1. The lowest BCUT2D eigenvalue weighted by Gasteiger charge is -2.16. The maximum Gasteiger partial charge on any atom is 0.257 e. The Labute approximate surface area is 199 Å². The quantitative estimate of drug-likeness (QED) is 0.431. The van der Waals surface area contributed by atoms with Gasteiger partial charge in [0, 0.05) is 18.8 Å². The summed E-state index contributed by atoms with van der Waals surface area (Å²) in [5, 5.41) is 7.51. The van der Waals surface area contributed by atoms with Gasteiger partial charge < -0.3 is 14.6 Å². The molecule has 0 aliphatic heterocycles. The maximum atomic E-state index is 13.4. The second kappa shape index (κ2) is 10.2. The molecule has 0 aliphatic rings. The molecule has 0 saturated carbocycles. The normalized spacial score (nSPS) is 10.8. The highest BCUT2D eigenvalue weighted by atomic mass is 16.3. The first-order chi connectivity index (χ1) is 16.4. The number of aromatic nitrogens is 2. The summed E-state index contributed by atoms with van der Waals surface area (Å²) in [5.41, 5.74) is 5.31. The average Bonchev–Trinajstić information content (AvgIpc) is 3.49. The Kier molecular flexibility index (Phi) is 6.92. The number of amides is 2. The van der Waals surface area contributed by atoms with E-state index in [4.69, 9.17) is 9.52 Å². The second-order valence-corrected chi connectivity index (χ2v) is 8.46. The van der Waals surface area contributed by atoms with Gasteiger partial charge in [-0.3, -0.25) is 14.3 Å². The van der Waals surface area contributed by atoms with Crippen molar-refractivity contribution in [3.05, 3.63) is 101 Å². The lowest BCUT2D eigenvalue weighted by atomic mass is 10.1. The Morgan fingerprint density at radius 2 is 1.68 bits per heavy atom.